The maximum atomic E-state index is 6.04. The molecule has 1 N–H and O–H groups in total. The van der Waals surface area contributed by atoms with E-state index in [0.717, 1.165) is 55.0 Å². The second-order valence-electron chi connectivity index (χ2n) is 7.79. The van der Waals surface area contributed by atoms with Gasteiger partial charge in [-0.2, -0.15) is 5.10 Å². The van der Waals surface area contributed by atoms with E-state index in [1.807, 2.05) is 36.3 Å². The molecule has 156 valence electrons. The standard InChI is InChI=1S/C22H31N5O2/c1-3-23-22(27-10-11-28-21(15-27)19-13-25-26(2)14-19)24-12-18-6-4-5-7-20(18)29-16-17-8-9-17/h4-7,13-14,17,21H,3,8-12,15-16H2,1-2H3,(H,23,24). The first kappa shape index (κ1) is 19.8. The second kappa shape index (κ2) is 9.31. The summed E-state index contributed by atoms with van der Waals surface area (Å²) >= 11 is 0. The number of aromatic nitrogens is 2. The molecule has 0 radical (unpaired) electrons. The van der Waals surface area contributed by atoms with E-state index >= 15 is 0 Å². The van der Waals surface area contributed by atoms with E-state index < -0.39 is 0 Å². The normalized spacial score (nSPS) is 20.0. The van der Waals surface area contributed by atoms with Gasteiger partial charge in [0.2, 0.25) is 0 Å². The summed E-state index contributed by atoms with van der Waals surface area (Å²) in [6.45, 7) is 6.59. The first-order chi connectivity index (χ1) is 14.2. The lowest BCUT2D eigenvalue weighted by Gasteiger charge is -2.34. The minimum Gasteiger partial charge on any atom is -0.493 e. The number of benzene rings is 1. The van der Waals surface area contributed by atoms with Crippen LogP contribution in [0.3, 0.4) is 0 Å². The summed E-state index contributed by atoms with van der Waals surface area (Å²) in [6, 6.07) is 8.23. The smallest absolute Gasteiger partial charge is 0.194 e. The summed E-state index contributed by atoms with van der Waals surface area (Å²) in [5.74, 6) is 2.61. The number of guanidine groups is 1. The third-order valence-electron chi connectivity index (χ3n) is 5.34. The Morgan fingerprint density at radius 3 is 2.97 bits per heavy atom. The molecular formula is C22H31N5O2. The van der Waals surface area contributed by atoms with Crippen LogP contribution in [-0.2, 0) is 18.3 Å². The number of ether oxygens (including phenoxy) is 2. The van der Waals surface area contributed by atoms with Crippen molar-refractivity contribution in [3.8, 4) is 5.75 Å². The van der Waals surface area contributed by atoms with Crippen LogP contribution in [0, 0.1) is 5.92 Å². The van der Waals surface area contributed by atoms with Crippen LogP contribution in [0.2, 0.25) is 0 Å². The number of nitrogens with zero attached hydrogens (tertiary/aromatic N) is 4. The molecule has 7 nitrogen and oxygen atoms in total. The Kier molecular flexibility index (Phi) is 6.34. The van der Waals surface area contributed by atoms with Gasteiger partial charge >= 0.3 is 0 Å². The van der Waals surface area contributed by atoms with Gasteiger partial charge < -0.3 is 19.7 Å². The molecule has 1 aromatic carbocycles. The highest BCUT2D eigenvalue weighted by molar-refractivity contribution is 5.80. The van der Waals surface area contributed by atoms with E-state index in [-0.39, 0.29) is 6.10 Å². The number of aliphatic imine (C=N–C) groups is 1. The molecule has 1 atom stereocenters. The van der Waals surface area contributed by atoms with Gasteiger partial charge in [-0.15, -0.1) is 0 Å². The lowest BCUT2D eigenvalue weighted by molar-refractivity contribution is -0.00805. The average Bonchev–Trinajstić information content (AvgIpc) is 3.48. The van der Waals surface area contributed by atoms with E-state index in [1.165, 1.54) is 12.8 Å². The van der Waals surface area contributed by atoms with E-state index in [1.54, 1.807) is 0 Å². The van der Waals surface area contributed by atoms with Crippen molar-refractivity contribution in [2.45, 2.75) is 32.4 Å². The van der Waals surface area contributed by atoms with E-state index in [4.69, 9.17) is 14.5 Å². The fraction of sp³-hybridized carbons (Fsp3) is 0.545. The lowest BCUT2D eigenvalue weighted by atomic mass is 10.1. The minimum absolute atomic E-state index is 0.00969. The van der Waals surface area contributed by atoms with Crippen molar-refractivity contribution in [3.63, 3.8) is 0 Å². The molecular weight excluding hydrogens is 366 g/mol. The van der Waals surface area contributed by atoms with E-state index in [0.29, 0.717) is 13.2 Å². The number of morpholine rings is 1. The molecule has 1 aromatic heterocycles. The monoisotopic (exact) mass is 397 g/mol. The predicted molar refractivity (Wildman–Crippen MR) is 113 cm³/mol. The number of para-hydroxylation sites is 1. The maximum Gasteiger partial charge on any atom is 0.194 e. The van der Waals surface area contributed by atoms with Crippen molar-refractivity contribution in [2.24, 2.45) is 18.0 Å². The first-order valence-electron chi connectivity index (χ1n) is 10.6. The minimum atomic E-state index is 0.00969. The van der Waals surface area contributed by atoms with Crippen molar-refractivity contribution in [2.75, 3.05) is 32.8 Å². The molecule has 2 fully saturated rings. The molecule has 0 amide bonds. The Morgan fingerprint density at radius 1 is 1.34 bits per heavy atom. The molecule has 0 bridgehead atoms. The third kappa shape index (κ3) is 5.29. The van der Waals surface area contributed by atoms with Crippen LogP contribution in [0.15, 0.2) is 41.7 Å². The van der Waals surface area contributed by atoms with Crippen LogP contribution < -0.4 is 10.1 Å². The van der Waals surface area contributed by atoms with Gasteiger partial charge in [-0.1, -0.05) is 18.2 Å². The van der Waals surface area contributed by atoms with Gasteiger partial charge in [0.1, 0.15) is 11.9 Å². The van der Waals surface area contributed by atoms with Crippen LogP contribution in [0.4, 0.5) is 0 Å². The summed E-state index contributed by atoms with van der Waals surface area (Å²) in [4.78, 5) is 7.20. The summed E-state index contributed by atoms with van der Waals surface area (Å²) in [5, 5.41) is 7.71. The number of hydrogen-bond donors (Lipinski definition) is 1. The maximum absolute atomic E-state index is 6.04. The SMILES string of the molecule is CCNC(=NCc1ccccc1OCC1CC1)N1CCOC(c2cnn(C)c2)C1. The molecule has 1 aliphatic carbocycles. The van der Waals surface area contributed by atoms with Gasteiger partial charge in [0.25, 0.3) is 0 Å². The van der Waals surface area contributed by atoms with Crippen LogP contribution in [-0.4, -0.2) is 53.5 Å². The summed E-state index contributed by atoms with van der Waals surface area (Å²) < 4.78 is 13.8. The number of nitrogens with one attached hydrogen (secondary N) is 1. The Balaban J connectivity index is 1.44. The molecule has 1 unspecified atom stereocenters. The fourth-order valence-corrected chi connectivity index (χ4v) is 3.50. The summed E-state index contributed by atoms with van der Waals surface area (Å²) in [6.07, 6.45) is 6.49. The zero-order valence-corrected chi connectivity index (χ0v) is 17.4. The fourth-order valence-electron chi connectivity index (χ4n) is 3.50. The van der Waals surface area contributed by atoms with Gasteiger partial charge in [0.05, 0.1) is 32.5 Å². The molecule has 1 saturated heterocycles. The molecule has 7 heteroatoms. The number of hydrogen-bond acceptors (Lipinski definition) is 4. The quantitative estimate of drug-likeness (QED) is 0.575. The predicted octanol–water partition coefficient (Wildman–Crippen LogP) is 2.75. The third-order valence-corrected chi connectivity index (χ3v) is 5.34. The highest BCUT2D eigenvalue weighted by Gasteiger charge is 2.25. The van der Waals surface area contributed by atoms with Crippen LogP contribution in [0.25, 0.3) is 0 Å². The van der Waals surface area contributed by atoms with E-state index in [2.05, 4.69) is 34.4 Å². The highest BCUT2D eigenvalue weighted by Crippen LogP contribution is 2.30. The lowest BCUT2D eigenvalue weighted by Crippen LogP contribution is -2.48. The molecule has 1 aliphatic heterocycles. The Morgan fingerprint density at radius 2 is 2.21 bits per heavy atom. The van der Waals surface area contributed by atoms with Crippen molar-refractivity contribution >= 4 is 5.96 Å². The molecule has 2 heterocycles. The summed E-state index contributed by atoms with van der Waals surface area (Å²) in [5.41, 5.74) is 2.23. The average molecular weight is 398 g/mol. The van der Waals surface area contributed by atoms with Crippen LogP contribution in [0.5, 0.6) is 5.75 Å². The largest absolute Gasteiger partial charge is 0.493 e. The van der Waals surface area contributed by atoms with Gasteiger partial charge in [-0.05, 0) is 31.7 Å². The zero-order chi connectivity index (χ0) is 20.1. The Hall–Kier alpha value is -2.54. The van der Waals surface area contributed by atoms with E-state index in [9.17, 15) is 0 Å². The van der Waals surface area contributed by atoms with Crippen molar-refractivity contribution < 1.29 is 9.47 Å². The topological polar surface area (TPSA) is 63.9 Å². The molecule has 29 heavy (non-hydrogen) atoms. The van der Waals surface area contributed by atoms with Crippen molar-refractivity contribution in [1.29, 1.82) is 0 Å². The molecule has 2 aromatic rings. The molecule has 2 aliphatic rings. The van der Waals surface area contributed by atoms with Gasteiger partial charge in [0, 0.05) is 37.5 Å². The molecule has 1 saturated carbocycles. The first-order valence-corrected chi connectivity index (χ1v) is 10.6. The summed E-state index contributed by atoms with van der Waals surface area (Å²) in [7, 11) is 1.93. The Labute approximate surface area is 172 Å². The van der Waals surface area contributed by atoms with Crippen molar-refractivity contribution in [3.05, 3.63) is 47.8 Å². The highest BCUT2D eigenvalue weighted by atomic mass is 16.5. The zero-order valence-electron chi connectivity index (χ0n) is 17.4. The van der Waals surface area contributed by atoms with Crippen molar-refractivity contribution in [1.82, 2.24) is 20.0 Å². The number of aryl methyl sites for hydroxylation is 1. The van der Waals surface area contributed by atoms with Crippen LogP contribution >= 0.6 is 0 Å². The second-order valence-corrected chi connectivity index (χ2v) is 7.79. The molecule has 0 spiro atoms. The number of rotatable bonds is 7. The van der Waals surface area contributed by atoms with Gasteiger partial charge in [-0.3, -0.25) is 4.68 Å². The molecule has 4 rings (SSSR count). The van der Waals surface area contributed by atoms with Gasteiger partial charge in [0.15, 0.2) is 5.96 Å². The van der Waals surface area contributed by atoms with Gasteiger partial charge in [-0.25, -0.2) is 4.99 Å². The Bertz CT molecular complexity index is 830. The van der Waals surface area contributed by atoms with Crippen LogP contribution in [0.1, 0.15) is 37.0 Å².